The zero-order valence-corrected chi connectivity index (χ0v) is 24.4. The van der Waals surface area contributed by atoms with Gasteiger partial charge >= 0.3 is 5.97 Å². The van der Waals surface area contributed by atoms with Crippen LogP contribution in [0.15, 0.2) is 26.9 Å². The number of rotatable bonds is 4. The predicted octanol–water partition coefficient (Wildman–Crippen LogP) is 6.07. The van der Waals surface area contributed by atoms with Crippen molar-refractivity contribution in [2.45, 2.75) is 103 Å². The zero-order valence-electron chi connectivity index (χ0n) is 22.7. The van der Waals surface area contributed by atoms with Crippen molar-refractivity contribution in [2.75, 3.05) is 6.26 Å². The van der Waals surface area contributed by atoms with Crippen LogP contribution in [0, 0.1) is 17.3 Å². The monoisotopic (exact) mass is 537 g/mol. The minimum atomic E-state index is -1.22. The van der Waals surface area contributed by atoms with Gasteiger partial charge in [-0.05, 0) is 56.4 Å². The second-order valence-corrected chi connectivity index (χ2v) is 12.4. The standard InChI is InChI=1S/C28H43NO5S2/c1-8-20-12-10-9-11-17(2)25(32)19(4)26(33)28(5,6)23(30)15-24(31)34-22(14-20)18(3)13-21-16-36-27(29-21)35-7/h12-13,16-17,19,22-23,25,30,32H,8-11,14-15H2,1-7H3/b18-13+,20-12-/t17-,19+,22-,23-,25-/m0/s1. The second kappa shape index (κ2) is 13.9. The average molecular weight is 538 g/mol. The summed E-state index contributed by atoms with van der Waals surface area (Å²) in [5.74, 6) is -1.48. The fourth-order valence-electron chi connectivity index (χ4n) is 4.60. The molecule has 36 heavy (non-hydrogen) atoms. The number of carbonyl (C=O) groups is 2. The van der Waals surface area contributed by atoms with Crippen molar-refractivity contribution in [1.29, 1.82) is 0 Å². The van der Waals surface area contributed by atoms with E-state index in [2.05, 4.69) is 18.0 Å². The topological polar surface area (TPSA) is 96.7 Å². The van der Waals surface area contributed by atoms with Crippen molar-refractivity contribution >= 4 is 40.9 Å². The number of Topliss-reactive ketones (excluding diaryl/α,β-unsaturated/α-hetero) is 1. The molecule has 1 aromatic rings. The fourth-order valence-corrected chi connectivity index (χ4v) is 5.82. The number of allylic oxidation sites excluding steroid dienone is 1. The molecule has 0 unspecified atom stereocenters. The lowest BCUT2D eigenvalue weighted by atomic mass is 9.73. The fraction of sp³-hybridized carbons (Fsp3) is 0.679. The molecule has 1 aliphatic rings. The molecule has 0 amide bonds. The Morgan fingerprint density at radius 1 is 1.28 bits per heavy atom. The number of ether oxygens (including phenoxy) is 1. The Bertz CT molecular complexity index is 951. The van der Waals surface area contributed by atoms with Gasteiger partial charge in [0.15, 0.2) is 0 Å². The van der Waals surface area contributed by atoms with Crippen LogP contribution in [0.5, 0.6) is 0 Å². The van der Waals surface area contributed by atoms with E-state index < -0.39 is 35.6 Å². The maximum atomic E-state index is 13.2. The van der Waals surface area contributed by atoms with Crippen molar-refractivity contribution in [1.82, 2.24) is 4.98 Å². The summed E-state index contributed by atoms with van der Waals surface area (Å²) in [7, 11) is 0. The summed E-state index contributed by atoms with van der Waals surface area (Å²) in [6.07, 6.45) is 7.32. The van der Waals surface area contributed by atoms with Gasteiger partial charge in [0.25, 0.3) is 0 Å². The summed E-state index contributed by atoms with van der Waals surface area (Å²) < 4.78 is 6.89. The van der Waals surface area contributed by atoms with Gasteiger partial charge in [0.05, 0.1) is 29.7 Å². The quantitative estimate of drug-likeness (QED) is 0.273. The van der Waals surface area contributed by atoms with Crippen molar-refractivity contribution < 1.29 is 24.5 Å². The number of aliphatic hydroxyl groups is 2. The van der Waals surface area contributed by atoms with Gasteiger partial charge in [-0.25, -0.2) is 4.98 Å². The third-order valence-electron chi connectivity index (χ3n) is 7.37. The van der Waals surface area contributed by atoms with Crippen molar-refractivity contribution in [3.63, 3.8) is 0 Å². The van der Waals surface area contributed by atoms with E-state index in [1.54, 1.807) is 43.9 Å². The van der Waals surface area contributed by atoms with Gasteiger partial charge < -0.3 is 14.9 Å². The number of cyclic esters (lactones) is 1. The Morgan fingerprint density at radius 3 is 2.58 bits per heavy atom. The highest BCUT2D eigenvalue weighted by atomic mass is 32.2. The maximum Gasteiger partial charge on any atom is 0.309 e. The molecular weight excluding hydrogens is 494 g/mol. The number of ketones is 1. The Labute approximate surface area is 224 Å². The maximum absolute atomic E-state index is 13.2. The molecule has 0 bridgehead atoms. The van der Waals surface area contributed by atoms with Crippen LogP contribution in [0.2, 0.25) is 0 Å². The number of hydrogen-bond donors (Lipinski definition) is 2. The SMILES string of the molecule is CC/C1=C/CCC[C@H](C)[C@H](O)[C@@H](C)C(=O)C(C)(C)[C@@H](O)CC(=O)O[C@H](/C(C)=C/c2csc(SC)n2)C1. The molecule has 0 radical (unpaired) electrons. The number of thioether (sulfide) groups is 1. The van der Waals surface area contributed by atoms with Crippen LogP contribution in [0.25, 0.3) is 6.08 Å². The first-order valence-corrected chi connectivity index (χ1v) is 15.0. The van der Waals surface area contributed by atoms with E-state index in [1.807, 2.05) is 31.6 Å². The smallest absolute Gasteiger partial charge is 0.309 e. The highest BCUT2D eigenvalue weighted by molar-refractivity contribution is 8.00. The summed E-state index contributed by atoms with van der Waals surface area (Å²) in [6.45, 7) is 11.0. The molecule has 0 aliphatic carbocycles. The highest BCUT2D eigenvalue weighted by Crippen LogP contribution is 2.33. The lowest BCUT2D eigenvalue weighted by Crippen LogP contribution is -2.45. The van der Waals surface area contributed by atoms with Crippen LogP contribution in [0.3, 0.4) is 0 Å². The third-order valence-corrected chi connectivity index (χ3v) is 9.25. The molecule has 5 atom stereocenters. The van der Waals surface area contributed by atoms with Gasteiger partial charge in [-0.2, -0.15) is 0 Å². The van der Waals surface area contributed by atoms with Crippen LogP contribution in [0.4, 0.5) is 0 Å². The number of aliphatic hydroxyl groups excluding tert-OH is 2. The molecule has 2 rings (SSSR count). The van der Waals surface area contributed by atoms with E-state index in [-0.39, 0.29) is 18.1 Å². The Morgan fingerprint density at radius 2 is 1.97 bits per heavy atom. The Hall–Kier alpha value is -1.48. The van der Waals surface area contributed by atoms with Crippen molar-refractivity contribution in [2.24, 2.45) is 17.3 Å². The van der Waals surface area contributed by atoms with Crippen molar-refractivity contribution in [3.8, 4) is 0 Å². The van der Waals surface area contributed by atoms with Crippen LogP contribution < -0.4 is 0 Å². The minimum absolute atomic E-state index is 0.0459. The predicted molar refractivity (Wildman–Crippen MR) is 148 cm³/mol. The van der Waals surface area contributed by atoms with Crippen LogP contribution in [-0.2, 0) is 14.3 Å². The number of aromatic nitrogens is 1. The van der Waals surface area contributed by atoms with Crippen molar-refractivity contribution in [3.05, 3.63) is 28.3 Å². The molecule has 1 aliphatic heterocycles. The molecule has 0 spiro atoms. The van der Waals surface area contributed by atoms with E-state index in [9.17, 15) is 19.8 Å². The van der Waals surface area contributed by atoms with E-state index in [1.165, 1.54) is 5.57 Å². The molecule has 2 heterocycles. The summed E-state index contributed by atoms with van der Waals surface area (Å²) in [6, 6.07) is 0. The summed E-state index contributed by atoms with van der Waals surface area (Å²) in [5.41, 5.74) is 1.73. The molecule has 0 saturated carbocycles. The lowest BCUT2D eigenvalue weighted by molar-refractivity contribution is -0.154. The molecular formula is C28H43NO5S2. The zero-order chi connectivity index (χ0) is 27.0. The third kappa shape index (κ3) is 8.27. The summed E-state index contributed by atoms with van der Waals surface area (Å²) in [5, 5.41) is 23.7. The highest BCUT2D eigenvalue weighted by Gasteiger charge is 2.42. The van der Waals surface area contributed by atoms with Gasteiger partial charge in [-0.3, -0.25) is 9.59 Å². The minimum Gasteiger partial charge on any atom is -0.457 e. The normalized spacial score (nSPS) is 31.0. The first-order chi connectivity index (χ1) is 16.9. The molecule has 0 fully saturated rings. The van der Waals surface area contributed by atoms with Crippen LogP contribution >= 0.6 is 23.1 Å². The molecule has 1 aromatic heterocycles. The Kier molecular flexibility index (Phi) is 11.9. The van der Waals surface area contributed by atoms with E-state index >= 15 is 0 Å². The first kappa shape index (κ1) is 30.7. The van der Waals surface area contributed by atoms with Crippen LogP contribution in [-0.4, -0.2) is 51.5 Å². The van der Waals surface area contributed by atoms with E-state index in [0.717, 1.165) is 41.3 Å². The second-order valence-electron chi connectivity index (χ2n) is 10.5. The number of carbonyl (C=O) groups excluding carboxylic acids is 2. The van der Waals surface area contributed by atoms with Crippen LogP contribution in [0.1, 0.15) is 85.8 Å². The van der Waals surface area contributed by atoms with Gasteiger partial charge in [0.2, 0.25) is 0 Å². The number of nitrogens with zero attached hydrogens (tertiary/aromatic N) is 1. The summed E-state index contributed by atoms with van der Waals surface area (Å²) in [4.78, 5) is 30.8. The molecule has 0 aromatic carbocycles. The van der Waals surface area contributed by atoms with E-state index in [4.69, 9.17) is 4.74 Å². The van der Waals surface area contributed by atoms with Gasteiger partial charge in [-0.1, -0.05) is 58.0 Å². The molecule has 8 heteroatoms. The van der Waals surface area contributed by atoms with Gasteiger partial charge in [0, 0.05) is 17.7 Å². The molecule has 2 N–H and O–H groups in total. The number of thiazole rings is 1. The molecule has 6 nitrogen and oxygen atoms in total. The molecule has 0 saturated heterocycles. The lowest BCUT2D eigenvalue weighted by Gasteiger charge is -2.34. The first-order valence-electron chi connectivity index (χ1n) is 12.9. The summed E-state index contributed by atoms with van der Waals surface area (Å²) >= 11 is 3.17. The number of hydrogen-bond acceptors (Lipinski definition) is 8. The van der Waals surface area contributed by atoms with Gasteiger partial charge in [-0.15, -0.1) is 11.3 Å². The Balaban J connectivity index is 2.38. The van der Waals surface area contributed by atoms with Gasteiger partial charge in [0.1, 0.15) is 16.2 Å². The molecule has 202 valence electrons. The number of esters is 1. The largest absolute Gasteiger partial charge is 0.457 e. The average Bonchev–Trinajstić information content (AvgIpc) is 3.30. The van der Waals surface area contributed by atoms with E-state index in [0.29, 0.717) is 6.42 Å².